The molecule has 0 atom stereocenters. The van der Waals surface area contributed by atoms with Crippen LogP contribution in [0.5, 0.6) is 0 Å². The number of pyridine rings is 1. The maximum absolute atomic E-state index is 6.10. The van der Waals surface area contributed by atoms with Gasteiger partial charge in [-0.2, -0.15) is 0 Å². The van der Waals surface area contributed by atoms with Crippen LogP contribution in [0.2, 0.25) is 5.02 Å². The molecule has 5 heteroatoms. The van der Waals surface area contributed by atoms with Gasteiger partial charge in [-0.15, -0.1) is 0 Å². The van der Waals surface area contributed by atoms with Crippen LogP contribution >= 0.6 is 11.6 Å². The minimum Gasteiger partial charge on any atom is -0.380 e. The minimum atomic E-state index is 0.676. The number of likely N-dealkylation sites (N-methyl/N-ethyl adjacent to an activating group) is 1. The van der Waals surface area contributed by atoms with Crippen molar-refractivity contribution in [2.24, 2.45) is 0 Å². The number of anilines is 1. The predicted molar refractivity (Wildman–Crippen MR) is 76.4 cm³/mol. The van der Waals surface area contributed by atoms with Gasteiger partial charge in [0.2, 0.25) is 0 Å². The summed E-state index contributed by atoms with van der Waals surface area (Å²) >= 11 is 6.10. The second kappa shape index (κ2) is 8.29. The molecule has 0 fully saturated rings. The molecule has 0 aliphatic carbocycles. The number of aromatic nitrogens is 1. The first-order valence-corrected chi connectivity index (χ1v) is 6.73. The van der Waals surface area contributed by atoms with Crippen molar-refractivity contribution in [1.82, 2.24) is 10.3 Å². The van der Waals surface area contributed by atoms with Crippen LogP contribution in [0.1, 0.15) is 19.5 Å². The van der Waals surface area contributed by atoms with Gasteiger partial charge in [0.05, 0.1) is 17.3 Å². The Kier molecular flexibility index (Phi) is 7.01. The second-order valence-corrected chi connectivity index (χ2v) is 4.31. The zero-order valence-electron chi connectivity index (χ0n) is 11.4. The Morgan fingerprint density at radius 3 is 2.78 bits per heavy atom. The third kappa shape index (κ3) is 4.44. The van der Waals surface area contributed by atoms with E-state index in [9.17, 15) is 0 Å². The van der Waals surface area contributed by atoms with Gasteiger partial charge < -0.3 is 15.0 Å². The molecule has 1 rings (SSSR count). The molecule has 0 aliphatic rings. The van der Waals surface area contributed by atoms with Crippen molar-refractivity contribution in [2.75, 3.05) is 38.3 Å². The molecular weight excluding hydrogens is 250 g/mol. The number of rotatable bonds is 8. The molecule has 1 N–H and O–H groups in total. The minimum absolute atomic E-state index is 0.676. The summed E-state index contributed by atoms with van der Waals surface area (Å²) in [5, 5.41) is 3.77. The normalized spacial score (nSPS) is 10.7. The highest BCUT2D eigenvalue weighted by Crippen LogP contribution is 2.19. The van der Waals surface area contributed by atoms with E-state index in [-0.39, 0.29) is 0 Å². The lowest BCUT2D eigenvalue weighted by Gasteiger charge is -2.22. The van der Waals surface area contributed by atoms with Crippen LogP contribution in [0, 0.1) is 0 Å². The Hall–Kier alpha value is -0.840. The summed E-state index contributed by atoms with van der Waals surface area (Å²) in [5.74, 6) is 0.951. The SMILES string of the molecule is CCOCCN(CC)c1ccc(Cl)c(CNC)n1. The standard InChI is InChI=1S/C13H22ClN3O/c1-4-17(8-9-18-5-2)13-7-6-11(14)12(16-13)10-15-3/h6-7,15H,4-5,8-10H2,1-3H3. The van der Waals surface area contributed by atoms with Crippen molar-refractivity contribution < 1.29 is 4.74 Å². The number of nitrogens with zero attached hydrogens (tertiary/aromatic N) is 2. The van der Waals surface area contributed by atoms with Gasteiger partial charge in [0.1, 0.15) is 5.82 Å². The van der Waals surface area contributed by atoms with E-state index < -0.39 is 0 Å². The van der Waals surface area contributed by atoms with Crippen molar-refractivity contribution in [1.29, 1.82) is 0 Å². The zero-order valence-corrected chi connectivity index (χ0v) is 12.1. The van der Waals surface area contributed by atoms with E-state index in [2.05, 4.69) is 22.1 Å². The lowest BCUT2D eigenvalue weighted by Crippen LogP contribution is -2.28. The molecule has 0 saturated heterocycles. The van der Waals surface area contributed by atoms with E-state index in [1.807, 2.05) is 26.1 Å². The van der Waals surface area contributed by atoms with E-state index in [1.165, 1.54) is 0 Å². The van der Waals surface area contributed by atoms with Gasteiger partial charge in [-0.05, 0) is 33.0 Å². The molecular formula is C13H22ClN3O. The van der Waals surface area contributed by atoms with Crippen LogP contribution in [0.3, 0.4) is 0 Å². The molecule has 18 heavy (non-hydrogen) atoms. The first-order valence-electron chi connectivity index (χ1n) is 6.35. The second-order valence-electron chi connectivity index (χ2n) is 3.90. The van der Waals surface area contributed by atoms with Crippen LogP contribution in [0.25, 0.3) is 0 Å². The van der Waals surface area contributed by atoms with Crippen molar-refractivity contribution in [3.05, 3.63) is 22.8 Å². The van der Waals surface area contributed by atoms with E-state index in [4.69, 9.17) is 16.3 Å². The highest BCUT2D eigenvalue weighted by molar-refractivity contribution is 6.31. The molecule has 1 heterocycles. The molecule has 102 valence electrons. The van der Waals surface area contributed by atoms with Crippen LogP contribution in [-0.2, 0) is 11.3 Å². The molecule has 4 nitrogen and oxygen atoms in total. The smallest absolute Gasteiger partial charge is 0.129 e. The van der Waals surface area contributed by atoms with Gasteiger partial charge in [0.15, 0.2) is 0 Å². The number of ether oxygens (including phenoxy) is 1. The summed E-state index contributed by atoms with van der Waals surface area (Å²) in [4.78, 5) is 6.77. The van der Waals surface area contributed by atoms with Crippen molar-refractivity contribution in [3.63, 3.8) is 0 Å². The Bertz CT molecular complexity index is 360. The molecule has 0 radical (unpaired) electrons. The van der Waals surface area contributed by atoms with Crippen molar-refractivity contribution in [2.45, 2.75) is 20.4 Å². The maximum atomic E-state index is 6.10. The third-order valence-electron chi connectivity index (χ3n) is 2.66. The number of halogens is 1. The average molecular weight is 272 g/mol. The monoisotopic (exact) mass is 271 g/mol. The molecule has 0 saturated carbocycles. The molecule has 1 aromatic heterocycles. The Balaban J connectivity index is 2.75. The van der Waals surface area contributed by atoms with Crippen LogP contribution in [0.15, 0.2) is 12.1 Å². The molecule has 0 bridgehead atoms. The van der Waals surface area contributed by atoms with Gasteiger partial charge in [-0.25, -0.2) is 4.98 Å². The zero-order chi connectivity index (χ0) is 13.4. The Labute approximate surface area is 114 Å². The van der Waals surface area contributed by atoms with Crippen molar-refractivity contribution >= 4 is 17.4 Å². The fourth-order valence-corrected chi connectivity index (χ4v) is 1.87. The fraction of sp³-hybridized carbons (Fsp3) is 0.615. The molecule has 0 spiro atoms. The highest BCUT2D eigenvalue weighted by atomic mass is 35.5. The van der Waals surface area contributed by atoms with Gasteiger partial charge in [0, 0.05) is 26.2 Å². The molecule has 0 aliphatic heterocycles. The number of nitrogens with one attached hydrogen (secondary N) is 1. The lowest BCUT2D eigenvalue weighted by atomic mass is 10.3. The summed E-state index contributed by atoms with van der Waals surface area (Å²) in [5.41, 5.74) is 0.881. The molecule has 0 amide bonds. The van der Waals surface area contributed by atoms with Gasteiger partial charge in [0.25, 0.3) is 0 Å². The quantitative estimate of drug-likeness (QED) is 0.737. The largest absolute Gasteiger partial charge is 0.380 e. The summed E-state index contributed by atoms with van der Waals surface area (Å²) in [6.45, 7) is 8.00. The molecule has 1 aromatic rings. The molecule has 0 unspecified atom stereocenters. The highest BCUT2D eigenvalue weighted by Gasteiger charge is 2.08. The number of hydrogen-bond acceptors (Lipinski definition) is 4. The first kappa shape index (κ1) is 15.2. The van der Waals surface area contributed by atoms with Crippen LogP contribution < -0.4 is 10.2 Å². The van der Waals surface area contributed by atoms with Gasteiger partial charge in [-0.1, -0.05) is 11.6 Å². The molecule has 0 aromatic carbocycles. The third-order valence-corrected chi connectivity index (χ3v) is 3.01. The van der Waals surface area contributed by atoms with Crippen LogP contribution in [-0.4, -0.2) is 38.3 Å². The Morgan fingerprint density at radius 2 is 2.17 bits per heavy atom. The van der Waals surface area contributed by atoms with E-state index in [0.29, 0.717) is 11.6 Å². The average Bonchev–Trinajstić information content (AvgIpc) is 2.38. The summed E-state index contributed by atoms with van der Waals surface area (Å²) in [6, 6.07) is 3.86. The number of hydrogen-bond donors (Lipinski definition) is 1. The van der Waals surface area contributed by atoms with Crippen LogP contribution in [0.4, 0.5) is 5.82 Å². The van der Waals surface area contributed by atoms with Gasteiger partial charge in [-0.3, -0.25) is 0 Å². The summed E-state index contributed by atoms with van der Waals surface area (Å²) in [7, 11) is 1.89. The fourth-order valence-electron chi connectivity index (χ4n) is 1.69. The summed E-state index contributed by atoms with van der Waals surface area (Å²) in [6.07, 6.45) is 0. The van der Waals surface area contributed by atoms with E-state index in [0.717, 1.165) is 37.8 Å². The van der Waals surface area contributed by atoms with E-state index >= 15 is 0 Å². The summed E-state index contributed by atoms with van der Waals surface area (Å²) < 4.78 is 5.38. The lowest BCUT2D eigenvalue weighted by molar-refractivity contribution is 0.154. The van der Waals surface area contributed by atoms with Gasteiger partial charge >= 0.3 is 0 Å². The predicted octanol–water partition coefficient (Wildman–Crippen LogP) is 2.32. The Morgan fingerprint density at radius 1 is 1.39 bits per heavy atom. The van der Waals surface area contributed by atoms with E-state index in [1.54, 1.807) is 0 Å². The topological polar surface area (TPSA) is 37.4 Å². The maximum Gasteiger partial charge on any atom is 0.129 e. The van der Waals surface area contributed by atoms with Crippen molar-refractivity contribution in [3.8, 4) is 0 Å². The first-order chi connectivity index (χ1) is 8.72.